The van der Waals surface area contributed by atoms with Crippen molar-refractivity contribution in [2.45, 2.75) is 57.9 Å². The van der Waals surface area contributed by atoms with Crippen molar-refractivity contribution < 1.29 is 14.4 Å². The molecule has 1 saturated carbocycles. The summed E-state index contributed by atoms with van der Waals surface area (Å²) in [5.74, 6) is 0.259. The second kappa shape index (κ2) is 10.9. The number of hydrogen-bond acceptors (Lipinski definition) is 5. The summed E-state index contributed by atoms with van der Waals surface area (Å²) >= 11 is 0. The fourth-order valence-electron chi connectivity index (χ4n) is 4.60. The monoisotopic (exact) mass is 394 g/mol. The van der Waals surface area contributed by atoms with Crippen molar-refractivity contribution in [1.29, 1.82) is 0 Å². The van der Waals surface area contributed by atoms with Gasteiger partial charge in [0.1, 0.15) is 5.78 Å². The van der Waals surface area contributed by atoms with Crippen LogP contribution < -0.4 is 5.32 Å². The van der Waals surface area contributed by atoms with Crippen molar-refractivity contribution in [2.75, 3.05) is 47.3 Å². The highest BCUT2D eigenvalue weighted by Gasteiger charge is 2.42. The van der Waals surface area contributed by atoms with Gasteiger partial charge < -0.3 is 15.1 Å². The van der Waals surface area contributed by atoms with Gasteiger partial charge in [-0.05, 0) is 65.7 Å². The van der Waals surface area contributed by atoms with E-state index in [0.717, 1.165) is 38.6 Å². The quantitative estimate of drug-likeness (QED) is 0.637. The molecule has 1 heterocycles. The van der Waals surface area contributed by atoms with Gasteiger partial charge in [-0.3, -0.25) is 14.5 Å². The average molecular weight is 395 g/mol. The first-order valence-electron chi connectivity index (χ1n) is 10.8. The molecule has 0 spiro atoms. The normalized spacial score (nSPS) is 25.5. The van der Waals surface area contributed by atoms with Crippen LogP contribution >= 0.6 is 0 Å². The molecule has 7 nitrogen and oxygen atoms in total. The smallest absolute Gasteiger partial charge is 0.324 e. The number of carbonyl (C=O) groups excluding carboxylic acids is 3. The van der Waals surface area contributed by atoms with Gasteiger partial charge in [0.2, 0.25) is 5.91 Å². The molecule has 3 amide bonds. The summed E-state index contributed by atoms with van der Waals surface area (Å²) in [4.78, 5) is 43.4. The number of imide groups is 1. The highest BCUT2D eigenvalue weighted by Crippen LogP contribution is 2.36. The highest BCUT2D eigenvalue weighted by atomic mass is 16.2. The van der Waals surface area contributed by atoms with E-state index in [1.54, 1.807) is 0 Å². The molecule has 7 heteroatoms. The predicted octanol–water partition coefficient (Wildman–Crippen LogP) is 1.97. The first-order valence-corrected chi connectivity index (χ1v) is 10.8. The van der Waals surface area contributed by atoms with E-state index >= 15 is 0 Å². The maximum atomic E-state index is 13.2. The second-order valence-corrected chi connectivity index (χ2v) is 8.71. The van der Waals surface area contributed by atoms with E-state index in [0.29, 0.717) is 44.3 Å². The third-order valence-electron chi connectivity index (χ3n) is 6.03. The fraction of sp³-hybridized carbons (Fsp3) is 0.857. The molecular weight excluding hydrogens is 356 g/mol. The third kappa shape index (κ3) is 6.27. The molecular formula is C21H38N4O3. The van der Waals surface area contributed by atoms with Crippen LogP contribution in [0.3, 0.4) is 0 Å². The van der Waals surface area contributed by atoms with Crippen LogP contribution in [0, 0.1) is 11.8 Å². The summed E-state index contributed by atoms with van der Waals surface area (Å²) in [5.41, 5.74) is 0. The summed E-state index contributed by atoms with van der Waals surface area (Å²) < 4.78 is 0. The first kappa shape index (κ1) is 22.8. The van der Waals surface area contributed by atoms with E-state index < -0.39 is 0 Å². The van der Waals surface area contributed by atoms with Crippen LogP contribution in [0.1, 0.15) is 51.9 Å². The van der Waals surface area contributed by atoms with E-state index in [1.807, 2.05) is 28.1 Å². The molecule has 0 radical (unpaired) electrons. The van der Waals surface area contributed by atoms with Crippen LogP contribution in [-0.2, 0) is 9.59 Å². The van der Waals surface area contributed by atoms with Crippen LogP contribution in [0.5, 0.6) is 0 Å². The van der Waals surface area contributed by atoms with E-state index in [2.05, 4.69) is 15.1 Å². The molecule has 1 N–H and O–H groups in total. The second-order valence-electron chi connectivity index (χ2n) is 8.71. The lowest BCUT2D eigenvalue weighted by atomic mass is 9.74. The van der Waals surface area contributed by atoms with Gasteiger partial charge in [-0.25, -0.2) is 4.79 Å². The Kier molecular flexibility index (Phi) is 8.89. The number of urea groups is 1. The molecule has 160 valence electrons. The Morgan fingerprint density at radius 2 is 1.96 bits per heavy atom. The number of amides is 3. The number of piperidine rings is 1. The van der Waals surface area contributed by atoms with Gasteiger partial charge in [-0.15, -0.1) is 0 Å². The number of rotatable bonds is 8. The molecule has 1 aliphatic heterocycles. The van der Waals surface area contributed by atoms with Gasteiger partial charge in [0.15, 0.2) is 0 Å². The zero-order chi connectivity index (χ0) is 20.7. The molecule has 1 saturated heterocycles. The number of likely N-dealkylation sites (tertiary alicyclic amines) is 1. The van der Waals surface area contributed by atoms with Gasteiger partial charge in [-0.1, -0.05) is 6.92 Å². The number of unbranched alkanes of at least 4 members (excludes halogenated alkanes) is 1. The van der Waals surface area contributed by atoms with E-state index in [1.165, 1.54) is 4.90 Å². The van der Waals surface area contributed by atoms with Crippen LogP contribution in [0.2, 0.25) is 0 Å². The summed E-state index contributed by atoms with van der Waals surface area (Å²) in [6, 6.07) is 0.119. The summed E-state index contributed by atoms with van der Waals surface area (Å²) in [6.45, 7) is 4.67. The SMILES string of the molecule is CCCN(C(=O)NCCCCN(C)C)C(=O)[C@@H]1C[C@@H]2CC(=O)CC[C@H]2N(C)C1. The molecule has 0 aromatic carbocycles. The number of fused-ring (bicyclic) bond motifs is 1. The van der Waals surface area contributed by atoms with Gasteiger partial charge in [0.05, 0.1) is 5.92 Å². The Hall–Kier alpha value is -1.47. The van der Waals surface area contributed by atoms with Crippen molar-refractivity contribution in [2.24, 2.45) is 11.8 Å². The molecule has 28 heavy (non-hydrogen) atoms. The Bertz CT molecular complexity index is 552. The van der Waals surface area contributed by atoms with Gasteiger partial charge >= 0.3 is 6.03 Å². The minimum absolute atomic E-state index is 0.0871. The van der Waals surface area contributed by atoms with E-state index in [4.69, 9.17) is 0 Å². The van der Waals surface area contributed by atoms with Crippen LogP contribution in [0.15, 0.2) is 0 Å². The summed E-state index contributed by atoms with van der Waals surface area (Å²) in [6.07, 6.45) is 5.50. The summed E-state index contributed by atoms with van der Waals surface area (Å²) in [5, 5.41) is 2.92. The molecule has 0 aromatic rings. The number of carbonyl (C=O) groups is 3. The molecule has 3 atom stereocenters. The van der Waals surface area contributed by atoms with Crippen molar-refractivity contribution in [3.8, 4) is 0 Å². The third-order valence-corrected chi connectivity index (χ3v) is 6.03. The number of ketones is 1. The molecule has 0 unspecified atom stereocenters. The largest absolute Gasteiger partial charge is 0.338 e. The lowest BCUT2D eigenvalue weighted by molar-refractivity contribution is -0.138. The Labute approximate surface area is 169 Å². The zero-order valence-electron chi connectivity index (χ0n) is 18.1. The van der Waals surface area contributed by atoms with Gasteiger partial charge in [-0.2, -0.15) is 0 Å². The number of nitrogens with one attached hydrogen (secondary N) is 1. The average Bonchev–Trinajstić information content (AvgIpc) is 2.64. The standard InChI is InChI=1S/C21H38N4O3/c1-5-11-25(21(28)22-10-6-7-12-23(2)3)20(27)17-13-16-14-18(26)8-9-19(16)24(4)15-17/h16-17,19H,5-15H2,1-4H3,(H,22,28)/t16-,17-,19-/m1/s1. The van der Waals surface area contributed by atoms with Crippen molar-refractivity contribution in [3.05, 3.63) is 0 Å². The molecule has 2 rings (SSSR count). The molecule has 0 aromatic heterocycles. The van der Waals surface area contributed by atoms with E-state index in [-0.39, 0.29) is 23.8 Å². The highest BCUT2D eigenvalue weighted by molar-refractivity contribution is 5.95. The fourth-order valence-corrected chi connectivity index (χ4v) is 4.60. The van der Waals surface area contributed by atoms with Gasteiger partial charge in [0.25, 0.3) is 0 Å². The van der Waals surface area contributed by atoms with Gasteiger partial charge in [0, 0.05) is 38.5 Å². The topological polar surface area (TPSA) is 73.0 Å². The van der Waals surface area contributed by atoms with E-state index in [9.17, 15) is 14.4 Å². The minimum Gasteiger partial charge on any atom is -0.338 e. The van der Waals surface area contributed by atoms with Crippen LogP contribution in [0.25, 0.3) is 0 Å². The maximum Gasteiger partial charge on any atom is 0.324 e. The van der Waals surface area contributed by atoms with Crippen molar-refractivity contribution in [3.63, 3.8) is 0 Å². The van der Waals surface area contributed by atoms with Crippen LogP contribution in [-0.4, -0.2) is 85.8 Å². The first-order chi connectivity index (χ1) is 13.3. The molecule has 0 bridgehead atoms. The lowest BCUT2D eigenvalue weighted by Crippen LogP contribution is -2.55. The Morgan fingerprint density at radius 3 is 2.64 bits per heavy atom. The summed E-state index contributed by atoms with van der Waals surface area (Å²) in [7, 11) is 6.11. The number of Topliss-reactive ketones (excluding diaryl/α,β-unsaturated/α-hetero) is 1. The van der Waals surface area contributed by atoms with Crippen molar-refractivity contribution >= 4 is 17.7 Å². The Morgan fingerprint density at radius 1 is 1.21 bits per heavy atom. The maximum absolute atomic E-state index is 13.2. The number of nitrogens with zero attached hydrogens (tertiary/aromatic N) is 3. The molecule has 2 fully saturated rings. The van der Waals surface area contributed by atoms with Crippen molar-refractivity contribution in [1.82, 2.24) is 20.0 Å². The van der Waals surface area contributed by atoms with Crippen LogP contribution in [0.4, 0.5) is 4.79 Å². The Balaban J connectivity index is 1.91. The minimum atomic E-state index is -0.277. The predicted molar refractivity (Wildman–Crippen MR) is 110 cm³/mol. The zero-order valence-corrected chi connectivity index (χ0v) is 18.1. The lowest BCUT2D eigenvalue weighted by Gasteiger charge is -2.45. The number of hydrogen-bond donors (Lipinski definition) is 1. The molecule has 1 aliphatic carbocycles. The molecule has 2 aliphatic rings.